The molecule has 9 heteroatoms. The van der Waals surface area contributed by atoms with Crippen LogP contribution in [0.2, 0.25) is 5.02 Å². The number of nitrogens with zero attached hydrogens (tertiary/aromatic N) is 4. The van der Waals surface area contributed by atoms with Gasteiger partial charge < -0.3 is 10.2 Å². The summed E-state index contributed by atoms with van der Waals surface area (Å²) >= 11 is 6.22. The summed E-state index contributed by atoms with van der Waals surface area (Å²) < 4.78 is 1.11. The summed E-state index contributed by atoms with van der Waals surface area (Å²) in [5.41, 5.74) is 2.57. The van der Waals surface area contributed by atoms with E-state index in [0.717, 1.165) is 22.4 Å². The van der Waals surface area contributed by atoms with Crippen LogP contribution in [0.4, 0.5) is 17.1 Å². The molecule has 1 N–H and O–H groups in total. The van der Waals surface area contributed by atoms with Crippen LogP contribution in [0, 0.1) is 10.1 Å². The lowest BCUT2D eigenvalue weighted by Gasteiger charge is -2.13. The molecule has 3 rings (SSSR count). The molecule has 29 heavy (non-hydrogen) atoms. The molecule has 8 nitrogen and oxygen atoms in total. The van der Waals surface area contributed by atoms with Crippen molar-refractivity contribution in [2.24, 2.45) is 0 Å². The van der Waals surface area contributed by atoms with Gasteiger partial charge in [-0.05, 0) is 36.2 Å². The molecule has 0 aliphatic carbocycles. The smallest absolute Gasteiger partial charge is 0.292 e. The first-order valence-electron chi connectivity index (χ1n) is 8.89. The lowest BCUT2D eigenvalue weighted by Crippen LogP contribution is -2.23. The van der Waals surface area contributed by atoms with Gasteiger partial charge in [-0.2, -0.15) is 9.78 Å². The number of nitro groups is 1. The lowest BCUT2D eigenvalue weighted by molar-refractivity contribution is -0.384. The van der Waals surface area contributed by atoms with E-state index in [-0.39, 0.29) is 10.7 Å². The number of non-ortho nitro benzene ring substituents is 1. The Morgan fingerprint density at radius 3 is 2.38 bits per heavy atom. The van der Waals surface area contributed by atoms with Crippen molar-refractivity contribution in [1.29, 1.82) is 0 Å². The second kappa shape index (κ2) is 8.74. The van der Waals surface area contributed by atoms with Gasteiger partial charge in [-0.15, -0.1) is 0 Å². The minimum absolute atomic E-state index is 0.0151. The monoisotopic (exact) mass is 413 g/mol. The maximum atomic E-state index is 12.5. The summed E-state index contributed by atoms with van der Waals surface area (Å²) in [5, 5.41) is 18.0. The molecule has 0 bridgehead atoms. The summed E-state index contributed by atoms with van der Waals surface area (Å²) in [6, 6.07) is 13.7. The molecule has 0 spiro atoms. The molecule has 0 saturated carbocycles. The fourth-order valence-corrected chi connectivity index (χ4v) is 2.95. The first-order valence-corrected chi connectivity index (χ1v) is 9.27. The van der Waals surface area contributed by atoms with Crippen molar-refractivity contribution in [1.82, 2.24) is 9.78 Å². The predicted molar refractivity (Wildman–Crippen MR) is 114 cm³/mol. The Balaban J connectivity index is 1.69. The third-order valence-corrected chi connectivity index (χ3v) is 4.77. The highest BCUT2D eigenvalue weighted by atomic mass is 35.5. The Morgan fingerprint density at radius 1 is 1.14 bits per heavy atom. The highest BCUT2D eigenvalue weighted by Gasteiger charge is 2.12. The molecule has 2 aromatic carbocycles. The van der Waals surface area contributed by atoms with Crippen LogP contribution in [0.3, 0.4) is 0 Å². The van der Waals surface area contributed by atoms with Crippen LogP contribution in [0.25, 0.3) is 5.69 Å². The molecular formula is C20H20ClN5O3. The van der Waals surface area contributed by atoms with Crippen molar-refractivity contribution in [3.63, 3.8) is 0 Å². The van der Waals surface area contributed by atoms with Crippen LogP contribution >= 0.6 is 11.6 Å². The van der Waals surface area contributed by atoms with E-state index in [9.17, 15) is 14.9 Å². The first-order chi connectivity index (χ1) is 13.9. The van der Waals surface area contributed by atoms with Crippen LogP contribution in [0.5, 0.6) is 0 Å². The van der Waals surface area contributed by atoms with Crippen LogP contribution in [-0.2, 0) is 6.42 Å². The Morgan fingerprint density at radius 2 is 1.79 bits per heavy atom. The Labute approximate surface area is 172 Å². The second-order valence-corrected chi connectivity index (χ2v) is 6.98. The second-order valence-electron chi connectivity index (χ2n) is 6.60. The third kappa shape index (κ3) is 4.72. The summed E-state index contributed by atoms with van der Waals surface area (Å²) in [7, 11) is 3.98. The van der Waals surface area contributed by atoms with Crippen molar-refractivity contribution >= 4 is 28.7 Å². The van der Waals surface area contributed by atoms with Crippen LogP contribution < -0.4 is 15.8 Å². The fourth-order valence-electron chi connectivity index (χ4n) is 2.76. The van der Waals surface area contributed by atoms with Gasteiger partial charge in [0.1, 0.15) is 5.02 Å². The standard InChI is InChI=1S/C20H20ClN5O3/c1-24(2)15-5-3-14(4-6-15)11-12-22-18-13-23-25(20(27)19(18)21)16-7-9-17(10-8-16)26(28)29/h3-10,13,22H,11-12H2,1-2H3. The van der Waals surface area contributed by atoms with E-state index < -0.39 is 10.5 Å². The van der Waals surface area contributed by atoms with Gasteiger partial charge in [0.25, 0.3) is 11.2 Å². The summed E-state index contributed by atoms with van der Waals surface area (Å²) in [6.07, 6.45) is 2.23. The highest BCUT2D eigenvalue weighted by Crippen LogP contribution is 2.19. The van der Waals surface area contributed by atoms with Gasteiger partial charge in [0, 0.05) is 38.5 Å². The minimum atomic E-state index is -0.506. The summed E-state index contributed by atoms with van der Waals surface area (Å²) in [5.74, 6) is 0. The number of aromatic nitrogens is 2. The number of benzene rings is 2. The van der Waals surface area contributed by atoms with E-state index in [2.05, 4.69) is 34.7 Å². The molecule has 0 amide bonds. The molecule has 150 valence electrons. The Bertz CT molecular complexity index is 1060. The van der Waals surface area contributed by atoms with Crippen molar-refractivity contribution in [2.75, 3.05) is 30.9 Å². The van der Waals surface area contributed by atoms with E-state index in [1.54, 1.807) is 0 Å². The molecule has 0 saturated heterocycles. The van der Waals surface area contributed by atoms with Crippen LogP contribution in [-0.4, -0.2) is 35.3 Å². The number of nitrogens with one attached hydrogen (secondary N) is 1. The number of anilines is 2. The van der Waals surface area contributed by atoms with E-state index in [1.165, 1.54) is 30.5 Å². The average Bonchev–Trinajstić information content (AvgIpc) is 2.72. The molecule has 0 fully saturated rings. The number of hydrogen-bond acceptors (Lipinski definition) is 6. The molecule has 0 unspecified atom stereocenters. The predicted octanol–water partition coefficient (Wildman–Crippen LogP) is 3.51. The molecule has 0 atom stereocenters. The molecule has 0 aliphatic rings. The zero-order valence-electron chi connectivity index (χ0n) is 16.0. The van der Waals surface area contributed by atoms with Gasteiger partial charge in [-0.25, -0.2) is 0 Å². The van der Waals surface area contributed by atoms with Crippen LogP contribution in [0.1, 0.15) is 5.56 Å². The molecule has 0 aliphatic heterocycles. The maximum absolute atomic E-state index is 12.5. The van der Waals surface area contributed by atoms with Gasteiger partial charge in [0.05, 0.1) is 22.5 Å². The Hall–Kier alpha value is -3.39. The SMILES string of the molecule is CN(C)c1ccc(CCNc2cnn(-c3ccc([N+](=O)[O-])cc3)c(=O)c2Cl)cc1. The number of rotatable bonds is 7. The average molecular weight is 414 g/mol. The zero-order chi connectivity index (χ0) is 21.0. The van der Waals surface area contributed by atoms with Gasteiger partial charge in [0.15, 0.2) is 0 Å². The summed E-state index contributed by atoms with van der Waals surface area (Å²) in [4.78, 5) is 24.8. The van der Waals surface area contributed by atoms with Crippen molar-refractivity contribution in [3.8, 4) is 5.69 Å². The van der Waals surface area contributed by atoms with Crippen molar-refractivity contribution in [2.45, 2.75) is 6.42 Å². The first kappa shape index (κ1) is 20.3. The number of nitro benzene ring substituents is 1. The number of hydrogen-bond donors (Lipinski definition) is 1. The topological polar surface area (TPSA) is 93.3 Å². The van der Waals surface area contributed by atoms with Gasteiger partial charge in [-0.3, -0.25) is 14.9 Å². The van der Waals surface area contributed by atoms with Crippen molar-refractivity contribution < 1.29 is 4.92 Å². The van der Waals surface area contributed by atoms with E-state index in [1.807, 2.05) is 19.0 Å². The van der Waals surface area contributed by atoms with E-state index in [0.29, 0.717) is 17.9 Å². The zero-order valence-corrected chi connectivity index (χ0v) is 16.8. The van der Waals surface area contributed by atoms with Crippen LogP contribution in [0.15, 0.2) is 59.5 Å². The quantitative estimate of drug-likeness (QED) is 0.470. The molecule has 3 aromatic rings. The maximum Gasteiger partial charge on any atom is 0.292 e. The van der Waals surface area contributed by atoms with Gasteiger partial charge in [0.2, 0.25) is 0 Å². The minimum Gasteiger partial charge on any atom is -0.382 e. The van der Waals surface area contributed by atoms with Gasteiger partial charge >= 0.3 is 0 Å². The van der Waals surface area contributed by atoms with Gasteiger partial charge in [-0.1, -0.05) is 23.7 Å². The fraction of sp³-hybridized carbons (Fsp3) is 0.200. The molecular weight excluding hydrogens is 394 g/mol. The highest BCUT2D eigenvalue weighted by molar-refractivity contribution is 6.32. The van der Waals surface area contributed by atoms with E-state index in [4.69, 9.17) is 11.6 Å². The summed E-state index contributed by atoms with van der Waals surface area (Å²) in [6.45, 7) is 0.587. The normalized spacial score (nSPS) is 10.6. The molecule has 1 aromatic heterocycles. The molecule has 1 heterocycles. The molecule has 0 radical (unpaired) electrons. The van der Waals surface area contributed by atoms with Crippen molar-refractivity contribution in [3.05, 3.63) is 85.8 Å². The lowest BCUT2D eigenvalue weighted by atomic mass is 10.1. The number of halogens is 1. The van der Waals surface area contributed by atoms with E-state index >= 15 is 0 Å². The largest absolute Gasteiger partial charge is 0.382 e. The third-order valence-electron chi connectivity index (χ3n) is 4.41. The Kier molecular flexibility index (Phi) is 6.13.